The average Bonchev–Trinajstić information content (AvgIpc) is 3.07. The zero-order chi connectivity index (χ0) is 14.8. The first-order valence-corrected chi connectivity index (χ1v) is 7.87. The number of nitrogens with zero attached hydrogens (tertiary/aromatic N) is 1. The molecule has 1 aromatic carbocycles. The van der Waals surface area contributed by atoms with Crippen LogP contribution in [-0.2, 0) is 16.1 Å². The average molecular weight is 307 g/mol. The first kappa shape index (κ1) is 14.5. The summed E-state index contributed by atoms with van der Waals surface area (Å²) in [4.78, 5) is 26.0. The summed E-state index contributed by atoms with van der Waals surface area (Å²) in [6, 6.07) is 7.25. The minimum Gasteiger partial charge on any atom is -0.301 e. The van der Waals surface area contributed by atoms with Gasteiger partial charge in [0.1, 0.15) is 0 Å². The fourth-order valence-corrected chi connectivity index (χ4v) is 3.43. The molecule has 1 unspecified atom stereocenters. The van der Waals surface area contributed by atoms with Crippen LogP contribution >= 0.6 is 11.6 Å². The lowest BCUT2D eigenvalue weighted by Crippen LogP contribution is -2.42. The van der Waals surface area contributed by atoms with Crippen molar-refractivity contribution < 1.29 is 9.59 Å². The van der Waals surface area contributed by atoms with Gasteiger partial charge in [-0.05, 0) is 24.5 Å². The van der Waals surface area contributed by atoms with E-state index in [2.05, 4.69) is 5.32 Å². The van der Waals surface area contributed by atoms with E-state index >= 15 is 0 Å². The number of likely N-dealkylation sites (tertiary alicyclic amines) is 1. The zero-order valence-corrected chi connectivity index (χ0v) is 12.6. The van der Waals surface area contributed by atoms with Gasteiger partial charge >= 0.3 is 0 Å². The Hall–Kier alpha value is -1.39. The van der Waals surface area contributed by atoms with Crippen molar-refractivity contribution in [3.8, 4) is 0 Å². The molecule has 0 aromatic heterocycles. The monoisotopic (exact) mass is 306 g/mol. The van der Waals surface area contributed by atoms with E-state index < -0.39 is 6.04 Å². The molecule has 2 amide bonds. The molecule has 1 saturated carbocycles. The van der Waals surface area contributed by atoms with E-state index in [1.165, 1.54) is 4.90 Å². The Balaban J connectivity index is 1.63. The molecule has 1 aliphatic carbocycles. The molecule has 21 heavy (non-hydrogen) atoms. The molecule has 1 saturated heterocycles. The second-order valence-corrected chi connectivity index (χ2v) is 6.18. The highest BCUT2D eigenvalue weighted by Gasteiger charge is 2.42. The van der Waals surface area contributed by atoms with Crippen LogP contribution in [0.4, 0.5) is 0 Å². The van der Waals surface area contributed by atoms with Crippen molar-refractivity contribution in [2.45, 2.75) is 50.7 Å². The van der Waals surface area contributed by atoms with Crippen LogP contribution < -0.4 is 5.32 Å². The van der Waals surface area contributed by atoms with Crippen LogP contribution in [0.25, 0.3) is 0 Å². The third-order valence-corrected chi connectivity index (χ3v) is 4.74. The summed E-state index contributed by atoms with van der Waals surface area (Å²) in [7, 11) is 0. The molecule has 2 aliphatic rings. The van der Waals surface area contributed by atoms with Gasteiger partial charge in [0.15, 0.2) is 0 Å². The first-order valence-electron chi connectivity index (χ1n) is 7.49. The fourth-order valence-electron chi connectivity index (χ4n) is 3.23. The number of nitrogens with one attached hydrogen (secondary N) is 1. The maximum absolute atomic E-state index is 12.4. The summed E-state index contributed by atoms with van der Waals surface area (Å²) in [5.74, 6) is -0.109. The third-order valence-electron chi connectivity index (χ3n) is 4.37. The number of amides is 2. The number of benzene rings is 1. The van der Waals surface area contributed by atoms with Gasteiger partial charge in [0.2, 0.25) is 11.8 Å². The second kappa shape index (κ2) is 6.16. The molecule has 1 heterocycles. The van der Waals surface area contributed by atoms with Crippen LogP contribution in [0.3, 0.4) is 0 Å². The van der Waals surface area contributed by atoms with E-state index in [0.29, 0.717) is 11.6 Å². The van der Waals surface area contributed by atoms with Gasteiger partial charge in [0, 0.05) is 17.6 Å². The van der Waals surface area contributed by atoms with Crippen molar-refractivity contribution in [1.82, 2.24) is 10.2 Å². The quantitative estimate of drug-likeness (QED) is 0.870. The maximum atomic E-state index is 12.4. The van der Waals surface area contributed by atoms with Crippen molar-refractivity contribution in [1.29, 1.82) is 0 Å². The molecule has 2 fully saturated rings. The molecule has 5 heteroatoms. The highest BCUT2D eigenvalue weighted by molar-refractivity contribution is 6.31. The largest absolute Gasteiger partial charge is 0.301 e. The summed E-state index contributed by atoms with van der Waals surface area (Å²) >= 11 is 6.10. The molecular weight excluding hydrogens is 288 g/mol. The van der Waals surface area contributed by atoms with Gasteiger partial charge in [-0.2, -0.15) is 0 Å². The number of carbonyl (C=O) groups excluding carboxylic acids is 2. The summed E-state index contributed by atoms with van der Waals surface area (Å²) in [5, 5.41) is 3.85. The Morgan fingerprint density at radius 3 is 2.62 bits per heavy atom. The lowest BCUT2D eigenvalue weighted by molar-refractivity contribution is -0.141. The maximum Gasteiger partial charge on any atom is 0.247 e. The standard InChI is InChI=1S/C16H19ClN2O2/c17-13-8-4-1-5-11(13)10-18-14-9-15(20)19(16(14)21)12-6-2-3-7-12/h1,4-5,8,12,14,18H,2-3,6-7,9-10H2. The Labute approximate surface area is 129 Å². The minimum atomic E-state index is -0.408. The van der Waals surface area contributed by atoms with E-state index in [0.717, 1.165) is 31.2 Å². The van der Waals surface area contributed by atoms with Crippen molar-refractivity contribution in [3.05, 3.63) is 34.9 Å². The molecule has 1 aliphatic heterocycles. The highest BCUT2D eigenvalue weighted by atomic mass is 35.5. The van der Waals surface area contributed by atoms with Crippen LogP contribution in [0.15, 0.2) is 24.3 Å². The molecule has 1 aromatic rings. The molecule has 1 N–H and O–H groups in total. The fraction of sp³-hybridized carbons (Fsp3) is 0.500. The minimum absolute atomic E-state index is 0.0384. The lowest BCUT2D eigenvalue weighted by Gasteiger charge is -2.22. The van der Waals surface area contributed by atoms with Crippen molar-refractivity contribution in [2.75, 3.05) is 0 Å². The van der Waals surface area contributed by atoms with Crippen molar-refractivity contribution in [2.24, 2.45) is 0 Å². The topological polar surface area (TPSA) is 49.4 Å². The van der Waals surface area contributed by atoms with E-state index in [4.69, 9.17) is 11.6 Å². The van der Waals surface area contributed by atoms with Crippen LogP contribution in [0.2, 0.25) is 5.02 Å². The Kier molecular flexibility index (Phi) is 4.27. The molecule has 0 radical (unpaired) electrons. The molecular formula is C16H19ClN2O2. The third kappa shape index (κ3) is 2.97. The first-order chi connectivity index (χ1) is 10.2. The smallest absolute Gasteiger partial charge is 0.247 e. The number of carbonyl (C=O) groups is 2. The predicted molar refractivity (Wildman–Crippen MR) is 80.8 cm³/mol. The Bertz CT molecular complexity index is 555. The predicted octanol–water partition coefficient (Wildman–Crippen LogP) is 2.50. The summed E-state index contributed by atoms with van der Waals surface area (Å²) in [5.41, 5.74) is 0.943. The second-order valence-electron chi connectivity index (χ2n) is 5.77. The van der Waals surface area contributed by atoms with E-state index in [-0.39, 0.29) is 24.3 Å². The van der Waals surface area contributed by atoms with Gasteiger partial charge in [-0.15, -0.1) is 0 Å². The molecule has 3 rings (SSSR count). The van der Waals surface area contributed by atoms with E-state index in [1.54, 1.807) is 0 Å². The summed E-state index contributed by atoms with van der Waals surface area (Å²) in [6.07, 6.45) is 4.39. The number of hydrogen-bond donors (Lipinski definition) is 1. The number of rotatable bonds is 4. The number of imide groups is 1. The van der Waals surface area contributed by atoms with Gasteiger partial charge < -0.3 is 5.32 Å². The summed E-state index contributed by atoms with van der Waals surface area (Å²) < 4.78 is 0. The van der Waals surface area contributed by atoms with Crippen LogP contribution in [0.5, 0.6) is 0 Å². The van der Waals surface area contributed by atoms with Crippen molar-refractivity contribution in [3.63, 3.8) is 0 Å². The number of hydrogen-bond acceptors (Lipinski definition) is 3. The van der Waals surface area contributed by atoms with Gasteiger partial charge in [0.05, 0.1) is 12.5 Å². The zero-order valence-electron chi connectivity index (χ0n) is 11.8. The normalized spacial score (nSPS) is 23.3. The van der Waals surface area contributed by atoms with Crippen LogP contribution in [-0.4, -0.2) is 28.8 Å². The molecule has 112 valence electrons. The van der Waals surface area contributed by atoms with Gasteiger partial charge in [-0.25, -0.2) is 0 Å². The lowest BCUT2D eigenvalue weighted by atomic mass is 10.2. The molecule has 0 spiro atoms. The van der Waals surface area contributed by atoms with Crippen LogP contribution in [0.1, 0.15) is 37.7 Å². The van der Waals surface area contributed by atoms with Gasteiger partial charge in [0.25, 0.3) is 0 Å². The van der Waals surface area contributed by atoms with Crippen LogP contribution in [0, 0.1) is 0 Å². The van der Waals surface area contributed by atoms with Crippen molar-refractivity contribution >= 4 is 23.4 Å². The number of halogens is 1. The SMILES string of the molecule is O=C1CC(NCc2ccccc2Cl)C(=O)N1C1CCCC1. The van der Waals surface area contributed by atoms with Gasteiger partial charge in [-0.3, -0.25) is 14.5 Å². The summed E-state index contributed by atoms with van der Waals surface area (Å²) in [6.45, 7) is 0.502. The van der Waals surface area contributed by atoms with E-state index in [9.17, 15) is 9.59 Å². The molecule has 0 bridgehead atoms. The highest BCUT2D eigenvalue weighted by Crippen LogP contribution is 2.28. The Morgan fingerprint density at radius 2 is 1.90 bits per heavy atom. The molecule has 1 atom stereocenters. The molecule has 4 nitrogen and oxygen atoms in total. The Morgan fingerprint density at radius 1 is 1.19 bits per heavy atom. The van der Waals surface area contributed by atoms with E-state index in [1.807, 2.05) is 24.3 Å². The van der Waals surface area contributed by atoms with Gasteiger partial charge in [-0.1, -0.05) is 42.6 Å².